The summed E-state index contributed by atoms with van der Waals surface area (Å²) in [6.45, 7) is 0. The fourth-order valence-corrected chi connectivity index (χ4v) is 1.09. The number of rotatable bonds is 1. The van der Waals surface area contributed by atoms with Gasteiger partial charge in [0.05, 0.1) is 0 Å². The Kier molecular flexibility index (Phi) is 9.03. The number of nitrogens with zero attached hydrogens (tertiary/aromatic N) is 2. The van der Waals surface area contributed by atoms with Crippen molar-refractivity contribution in [3.05, 3.63) is 49.1 Å². The molecule has 0 fully saturated rings. The average molecular weight is 467 g/mol. The molecule has 2 aromatic heterocycles. The van der Waals surface area contributed by atoms with E-state index in [2.05, 4.69) is 9.97 Å². The summed E-state index contributed by atoms with van der Waals surface area (Å²) in [4.78, 5) is 7.91. The van der Waals surface area contributed by atoms with Gasteiger partial charge in [-0.3, -0.25) is 9.97 Å². The molecule has 0 atom stereocenters. The Labute approximate surface area is 155 Å². The third kappa shape index (κ3) is 4.35. The second-order valence-corrected chi connectivity index (χ2v) is 2.47. The van der Waals surface area contributed by atoms with Crippen molar-refractivity contribution >= 4 is 0 Å². The number of aromatic nitrogens is 2. The first kappa shape index (κ1) is 15.2. The molecule has 2 radical (unpaired) electrons. The van der Waals surface area contributed by atoms with E-state index in [1.54, 1.807) is 24.8 Å². The SMILES string of the molecule is [Eu].[Tb].c1cc(-c2ccncc2)ccn1. The van der Waals surface area contributed by atoms with Crippen molar-refractivity contribution in [3.8, 4) is 11.1 Å². The fourth-order valence-electron chi connectivity index (χ4n) is 1.09. The van der Waals surface area contributed by atoms with E-state index >= 15 is 0 Å². The standard InChI is InChI=1S/C10H8N2.Eu.Tb/c1-5-11-6-2-9(1)10-3-7-12-8-4-10;;/h1-8H;;. The van der Waals surface area contributed by atoms with E-state index in [4.69, 9.17) is 0 Å². The Morgan fingerprint density at radius 1 is 0.643 bits per heavy atom. The van der Waals surface area contributed by atoms with Crippen LogP contribution in [0.5, 0.6) is 0 Å². The predicted molar refractivity (Wildman–Crippen MR) is 47.5 cm³/mol. The van der Waals surface area contributed by atoms with E-state index in [0.717, 1.165) is 0 Å². The van der Waals surface area contributed by atoms with Gasteiger partial charge in [0.2, 0.25) is 0 Å². The van der Waals surface area contributed by atoms with Gasteiger partial charge in [-0.15, -0.1) is 0 Å². The number of pyridine rings is 2. The van der Waals surface area contributed by atoms with Crippen molar-refractivity contribution in [2.45, 2.75) is 0 Å². The van der Waals surface area contributed by atoms with Gasteiger partial charge in [-0.2, -0.15) is 0 Å². The van der Waals surface area contributed by atoms with Crippen molar-refractivity contribution in [2.24, 2.45) is 0 Å². The monoisotopic (exact) mass is 468 g/mol. The van der Waals surface area contributed by atoms with Crippen LogP contribution in [0.4, 0.5) is 0 Å². The van der Waals surface area contributed by atoms with Crippen LogP contribution < -0.4 is 0 Å². The topological polar surface area (TPSA) is 25.8 Å². The van der Waals surface area contributed by atoms with Gasteiger partial charge in [-0.1, -0.05) is 0 Å². The van der Waals surface area contributed by atoms with Crippen LogP contribution in [0, 0.1) is 88.0 Å². The van der Waals surface area contributed by atoms with Crippen molar-refractivity contribution < 1.29 is 88.0 Å². The smallest absolute Gasteiger partial charge is 0.0273 e. The van der Waals surface area contributed by atoms with Crippen LogP contribution in [0.3, 0.4) is 0 Å². The summed E-state index contributed by atoms with van der Waals surface area (Å²) in [7, 11) is 0. The molecule has 74 valence electrons. The van der Waals surface area contributed by atoms with Gasteiger partial charge in [-0.25, -0.2) is 0 Å². The maximum Gasteiger partial charge on any atom is 0.0273 e. The number of hydrogen-bond acceptors (Lipinski definition) is 2. The van der Waals surface area contributed by atoms with E-state index in [1.807, 2.05) is 24.3 Å². The molecule has 0 bridgehead atoms. The molecule has 2 heterocycles. The van der Waals surface area contributed by atoms with Gasteiger partial charge >= 0.3 is 0 Å². The van der Waals surface area contributed by atoms with E-state index in [9.17, 15) is 0 Å². The quantitative estimate of drug-likeness (QED) is 0.643. The summed E-state index contributed by atoms with van der Waals surface area (Å²) in [5.74, 6) is 0. The molecule has 14 heavy (non-hydrogen) atoms. The van der Waals surface area contributed by atoms with Crippen LogP contribution in [0.2, 0.25) is 0 Å². The first-order chi connectivity index (χ1) is 5.97. The molecule has 0 aromatic carbocycles. The molecule has 0 saturated heterocycles. The molecule has 0 N–H and O–H groups in total. The van der Waals surface area contributed by atoms with Gasteiger partial charge in [-0.05, 0) is 35.4 Å². The van der Waals surface area contributed by atoms with Gasteiger partial charge in [0.25, 0.3) is 0 Å². The fraction of sp³-hybridized carbons (Fsp3) is 0. The maximum atomic E-state index is 3.96. The Bertz CT molecular complexity index is 316. The predicted octanol–water partition coefficient (Wildman–Crippen LogP) is 2.14. The summed E-state index contributed by atoms with van der Waals surface area (Å²) in [5.41, 5.74) is 2.35. The van der Waals surface area contributed by atoms with Crippen molar-refractivity contribution in [1.29, 1.82) is 0 Å². The molecule has 2 nitrogen and oxygen atoms in total. The third-order valence-corrected chi connectivity index (χ3v) is 1.69. The van der Waals surface area contributed by atoms with Gasteiger partial charge in [0.1, 0.15) is 0 Å². The minimum atomic E-state index is 0. The zero-order chi connectivity index (χ0) is 8.23. The summed E-state index contributed by atoms with van der Waals surface area (Å²) in [6, 6.07) is 7.93. The van der Waals surface area contributed by atoms with Gasteiger partial charge in [0.15, 0.2) is 0 Å². The van der Waals surface area contributed by atoms with E-state index in [0.29, 0.717) is 0 Å². The van der Waals surface area contributed by atoms with E-state index in [-0.39, 0.29) is 88.0 Å². The molecule has 0 amide bonds. The molecule has 2 aromatic rings. The molecule has 0 aliphatic rings. The molecule has 0 aliphatic heterocycles. The molecule has 0 aliphatic carbocycles. The zero-order valence-electron chi connectivity index (χ0n) is 7.22. The van der Waals surface area contributed by atoms with Crippen molar-refractivity contribution in [2.75, 3.05) is 0 Å². The van der Waals surface area contributed by atoms with Crippen LogP contribution in [0.25, 0.3) is 11.1 Å². The molecule has 0 saturated carbocycles. The second-order valence-electron chi connectivity index (χ2n) is 2.47. The van der Waals surface area contributed by atoms with Crippen LogP contribution >= 0.6 is 0 Å². The first-order valence-electron chi connectivity index (χ1n) is 3.77. The molecule has 2 rings (SSSR count). The van der Waals surface area contributed by atoms with Crippen molar-refractivity contribution in [3.63, 3.8) is 0 Å². The normalized spacial score (nSPS) is 8.29. The summed E-state index contributed by atoms with van der Waals surface area (Å²) < 4.78 is 0. The zero-order valence-corrected chi connectivity index (χ0v) is 11.8. The molecular weight excluding hydrogens is 459 g/mol. The minimum absolute atomic E-state index is 0. The summed E-state index contributed by atoms with van der Waals surface area (Å²) in [5, 5.41) is 0. The van der Waals surface area contributed by atoms with Crippen LogP contribution in [-0.4, -0.2) is 9.97 Å². The Balaban J connectivity index is 0.000000845. The Morgan fingerprint density at radius 3 is 1.21 bits per heavy atom. The van der Waals surface area contributed by atoms with Crippen molar-refractivity contribution in [1.82, 2.24) is 9.97 Å². The van der Waals surface area contributed by atoms with Crippen LogP contribution in [0.15, 0.2) is 49.1 Å². The van der Waals surface area contributed by atoms with Crippen LogP contribution in [-0.2, 0) is 0 Å². The van der Waals surface area contributed by atoms with Crippen LogP contribution in [0.1, 0.15) is 0 Å². The minimum Gasteiger partial charge on any atom is -0.265 e. The van der Waals surface area contributed by atoms with Gasteiger partial charge in [0, 0.05) is 113 Å². The first-order valence-corrected chi connectivity index (χ1v) is 3.77. The molecular formula is C10H8EuN2Tb. The van der Waals surface area contributed by atoms with Gasteiger partial charge < -0.3 is 0 Å². The Hall–Kier alpha value is 1.17. The van der Waals surface area contributed by atoms with E-state index in [1.165, 1.54) is 11.1 Å². The average Bonchev–Trinajstić information content (AvgIpc) is 2.21. The largest absolute Gasteiger partial charge is 0.265 e. The molecule has 4 heteroatoms. The maximum absolute atomic E-state index is 3.96. The summed E-state index contributed by atoms with van der Waals surface area (Å²) >= 11 is 0. The summed E-state index contributed by atoms with van der Waals surface area (Å²) in [6.07, 6.45) is 7.15. The van der Waals surface area contributed by atoms with E-state index < -0.39 is 0 Å². The number of hydrogen-bond donors (Lipinski definition) is 0. The Morgan fingerprint density at radius 2 is 0.929 bits per heavy atom. The second kappa shape index (κ2) is 8.34. The third-order valence-electron chi connectivity index (χ3n) is 1.69. The molecule has 0 unspecified atom stereocenters. The molecule has 0 spiro atoms.